The second-order valence-corrected chi connectivity index (χ2v) is 5.28. The Balaban J connectivity index is 1.97. The smallest absolute Gasteiger partial charge is 0.259 e. The van der Waals surface area contributed by atoms with Crippen molar-refractivity contribution in [2.24, 2.45) is 0 Å². The van der Waals surface area contributed by atoms with Gasteiger partial charge in [0.1, 0.15) is 12.7 Å². The summed E-state index contributed by atoms with van der Waals surface area (Å²) >= 11 is 12.0. The molecule has 22 heavy (non-hydrogen) atoms. The number of amides is 1. The third-order valence-electron chi connectivity index (χ3n) is 2.99. The average molecular weight is 333 g/mol. The van der Waals surface area contributed by atoms with Gasteiger partial charge in [-0.05, 0) is 36.4 Å². The highest BCUT2D eigenvalue weighted by Crippen LogP contribution is 2.24. The molecule has 1 N–H and O–H groups in total. The summed E-state index contributed by atoms with van der Waals surface area (Å²) in [7, 11) is 0. The number of nitrogens with zero attached hydrogens (tertiary/aromatic N) is 3. The Labute approximate surface area is 136 Å². The van der Waals surface area contributed by atoms with E-state index in [4.69, 9.17) is 23.2 Å². The molecule has 0 radical (unpaired) electrons. The van der Waals surface area contributed by atoms with E-state index in [-0.39, 0.29) is 5.91 Å². The normalized spacial score (nSPS) is 10.5. The number of hydrogen-bond acceptors (Lipinski definition) is 3. The molecular formula is C15H10Cl2N4O. The van der Waals surface area contributed by atoms with Crippen LogP contribution in [0.2, 0.25) is 10.0 Å². The van der Waals surface area contributed by atoms with Crippen molar-refractivity contribution in [3.63, 3.8) is 0 Å². The van der Waals surface area contributed by atoms with Gasteiger partial charge in [-0.1, -0.05) is 29.3 Å². The van der Waals surface area contributed by atoms with E-state index in [1.54, 1.807) is 42.5 Å². The van der Waals surface area contributed by atoms with Gasteiger partial charge in [0, 0.05) is 10.7 Å². The molecule has 0 saturated heterocycles. The Morgan fingerprint density at radius 2 is 1.86 bits per heavy atom. The molecule has 1 amide bonds. The van der Waals surface area contributed by atoms with Gasteiger partial charge in [-0.2, -0.15) is 5.10 Å². The number of aromatic nitrogens is 3. The molecule has 0 bridgehead atoms. The second kappa shape index (κ2) is 6.17. The highest BCUT2D eigenvalue weighted by atomic mass is 35.5. The summed E-state index contributed by atoms with van der Waals surface area (Å²) in [5.41, 5.74) is 1.50. The maximum atomic E-state index is 12.5. The van der Waals surface area contributed by atoms with Gasteiger partial charge < -0.3 is 5.32 Å². The zero-order valence-corrected chi connectivity index (χ0v) is 12.7. The van der Waals surface area contributed by atoms with Crippen molar-refractivity contribution in [2.45, 2.75) is 0 Å². The summed E-state index contributed by atoms with van der Waals surface area (Å²) in [5.74, 6) is -0.335. The highest BCUT2D eigenvalue weighted by molar-refractivity contribution is 6.35. The van der Waals surface area contributed by atoms with Crippen LogP contribution in [0.15, 0.2) is 55.1 Å². The van der Waals surface area contributed by atoms with Gasteiger partial charge in [0.25, 0.3) is 5.91 Å². The minimum Gasteiger partial charge on any atom is -0.322 e. The van der Waals surface area contributed by atoms with Crippen molar-refractivity contribution in [3.8, 4) is 5.69 Å². The van der Waals surface area contributed by atoms with Crippen LogP contribution in [0.1, 0.15) is 10.4 Å². The molecule has 0 spiro atoms. The first kappa shape index (κ1) is 14.6. The van der Waals surface area contributed by atoms with E-state index in [1.165, 1.54) is 17.3 Å². The van der Waals surface area contributed by atoms with Crippen LogP contribution in [0.3, 0.4) is 0 Å². The SMILES string of the molecule is O=C(Nc1ccc(Cl)cc1)c1c(Cl)cccc1-n1cncn1. The number of carbonyl (C=O) groups excluding carboxylic acids is 1. The first-order chi connectivity index (χ1) is 10.6. The maximum Gasteiger partial charge on any atom is 0.259 e. The Morgan fingerprint density at radius 1 is 1.09 bits per heavy atom. The van der Waals surface area contributed by atoms with Gasteiger partial charge >= 0.3 is 0 Å². The van der Waals surface area contributed by atoms with Crippen LogP contribution in [0, 0.1) is 0 Å². The molecule has 3 rings (SSSR count). The average Bonchev–Trinajstić information content (AvgIpc) is 3.03. The number of halogens is 2. The summed E-state index contributed by atoms with van der Waals surface area (Å²) in [6.07, 6.45) is 2.90. The van der Waals surface area contributed by atoms with Gasteiger partial charge in [0.2, 0.25) is 0 Å². The molecule has 0 aliphatic rings. The number of hydrogen-bond donors (Lipinski definition) is 1. The van der Waals surface area contributed by atoms with E-state index in [0.717, 1.165) is 0 Å². The standard InChI is InChI=1S/C15H10Cl2N4O/c16-10-4-6-11(7-5-10)20-15(22)14-12(17)2-1-3-13(14)21-9-18-8-19-21/h1-9H,(H,20,22). The summed E-state index contributed by atoms with van der Waals surface area (Å²) in [5, 5.41) is 7.75. The van der Waals surface area contributed by atoms with Crippen LogP contribution in [0.4, 0.5) is 5.69 Å². The summed E-state index contributed by atoms with van der Waals surface area (Å²) in [4.78, 5) is 16.4. The third-order valence-corrected chi connectivity index (χ3v) is 3.55. The molecule has 0 fully saturated rings. The summed E-state index contributed by atoms with van der Waals surface area (Å²) < 4.78 is 1.49. The number of benzene rings is 2. The van der Waals surface area contributed by atoms with Gasteiger partial charge in [-0.3, -0.25) is 4.79 Å². The topological polar surface area (TPSA) is 59.8 Å². The third kappa shape index (κ3) is 2.95. The molecule has 110 valence electrons. The lowest BCUT2D eigenvalue weighted by atomic mass is 10.1. The van der Waals surface area contributed by atoms with Crippen molar-refractivity contribution in [1.29, 1.82) is 0 Å². The molecule has 0 aliphatic carbocycles. The molecular weight excluding hydrogens is 323 g/mol. The lowest BCUT2D eigenvalue weighted by molar-refractivity contribution is 0.102. The molecule has 2 aromatic carbocycles. The van der Waals surface area contributed by atoms with E-state index < -0.39 is 0 Å². The lowest BCUT2D eigenvalue weighted by Gasteiger charge is -2.11. The number of anilines is 1. The zero-order chi connectivity index (χ0) is 15.5. The van der Waals surface area contributed by atoms with Gasteiger partial charge in [0.05, 0.1) is 16.3 Å². The van der Waals surface area contributed by atoms with Crippen LogP contribution in [0.5, 0.6) is 0 Å². The predicted molar refractivity (Wildman–Crippen MR) is 85.8 cm³/mol. The van der Waals surface area contributed by atoms with Crippen molar-refractivity contribution < 1.29 is 4.79 Å². The van der Waals surface area contributed by atoms with E-state index in [2.05, 4.69) is 15.4 Å². The van der Waals surface area contributed by atoms with Gasteiger partial charge in [0.15, 0.2) is 0 Å². The van der Waals surface area contributed by atoms with Crippen LogP contribution in [-0.2, 0) is 0 Å². The molecule has 3 aromatic rings. The molecule has 1 aromatic heterocycles. The Kier molecular flexibility index (Phi) is 4.09. The Bertz CT molecular complexity index is 801. The van der Waals surface area contributed by atoms with Gasteiger partial charge in [-0.25, -0.2) is 9.67 Å². The predicted octanol–water partition coefficient (Wildman–Crippen LogP) is 3.83. The summed E-state index contributed by atoms with van der Waals surface area (Å²) in [6.45, 7) is 0. The second-order valence-electron chi connectivity index (χ2n) is 4.44. The summed E-state index contributed by atoms with van der Waals surface area (Å²) in [6, 6.07) is 12.0. The minimum atomic E-state index is -0.335. The first-order valence-electron chi connectivity index (χ1n) is 6.35. The molecule has 0 atom stereocenters. The molecule has 0 saturated carbocycles. The maximum absolute atomic E-state index is 12.5. The fraction of sp³-hybridized carbons (Fsp3) is 0. The molecule has 7 heteroatoms. The van der Waals surface area contributed by atoms with Crippen LogP contribution < -0.4 is 5.32 Å². The quantitative estimate of drug-likeness (QED) is 0.792. The van der Waals surface area contributed by atoms with E-state index in [0.29, 0.717) is 27.0 Å². The Hall–Kier alpha value is -2.37. The van der Waals surface area contributed by atoms with Gasteiger partial charge in [-0.15, -0.1) is 0 Å². The minimum absolute atomic E-state index is 0.324. The van der Waals surface area contributed by atoms with E-state index in [9.17, 15) is 4.79 Å². The van der Waals surface area contributed by atoms with Crippen LogP contribution in [0.25, 0.3) is 5.69 Å². The number of rotatable bonds is 3. The lowest BCUT2D eigenvalue weighted by Crippen LogP contribution is -2.16. The molecule has 1 heterocycles. The van der Waals surface area contributed by atoms with Crippen LogP contribution >= 0.6 is 23.2 Å². The fourth-order valence-electron chi connectivity index (χ4n) is 1.99. The van der Waals surface area contributed by atoms with E-state index >= 15 is 0 Å². The monoisotopic (exact) mass is 332 g/mol. The first-order valence-corrected chi connectivity index (χ1v) is 7.11. The van der Waals surface area contributed by atoms with Crippen molar-refractivity contribution in [2.75, 3.05) is 5.32 Å². The molecule has 0 unspecified atom stereocenters. The van der Waals surface area contributed by atoms with Crippen molar-refractivity contribution >= 4 is 34.8 Å². The number of nitrogens with one attached hydrogen (secondary N) is 1. The van der Waals surface area contributed by atoms with Crippen molar-refractivity contribution in [1.82, 2.24) is 14.8 Å². The fourth-order valence-corrected chi connectivity index (χ4v) is 2.37. The highest BCUT2D eigenvalue weighted by Gasteiger charge is 2.17. The van der Waals surface area contributed by atoms with Crippen LogP contribution in [-0.4, -0.2) is 20.7 Å². The zero-order valence-electron chi connectivity index (χ0n) is 11.2. The molecule has 0 aliphatic heterocycles. The van der Waals surface area contributed by atoms with Crippen molar-refractivity contribution in [3.05, 3.63) is 70.7 Å². The van der Waals surface area contributed by atoms with E-state index in [1.807, 2.05) is 0 Å². The molecule has 5 nitrogen and oxygen atoms in total. The Morgan fingerprint density at radius 3 is 2.55 bits per heavy atom. The number of carbonyl (C=O) groups is 1. The largest absolute Gasteiger partial charge is 0.322 e.